The molecule has 0 aliphatic heterocycles. The van der Waals surface area contributed by atoms with E-state index in [0.29, 0.717) is 5.69 Å². The van der Waals surface area contributed by atoms with Crippen LogP contribution in [0.4, 0.5) is 15.8 Å². The Morgan fingerprint density at radius 2 is 1.50 bits per heavy atom. The van der Waals surface area contributed by atoms with E-state index >= 15 is 0 Å². The Morgan fingerprint density at radius 3 is 2.11 bits per heavy atom. The van der Waals surface area contributed by atoms with Crippen LogP contribution in [0.1, 0.15) is 21.5 Å². The van der Waals surface area contributed by atoms with Crippen LogP contribution in [0.5, 0.6) is 0 Å². The summed E-state index contributed by atoms with van der Waals surface area (Å²) in [5.74, 6) is -1.08. The molecule has 7 heteroatoms. The van der Waals surface area contributed by atoms with Crippen molar-refractivity contribution in [3.63, 3.8) is 0 Å². The molecular formula is C21H19FN2O3S. The lowest BCUT2D eigenvalue weighted by atomic mass is 10.1. The predicted octanol–water partition coefficient (Wildman–Crippen LogP) is 4.50. The van der Waals surface area contributed by atoms with Gasteiger partial charge in [-0.05, 0) is 73.5 Å². The van der Waals surface area contributed by atoms with Crippen molar-refractivity contribution in [1.82, 2.24) is 0 Å². The Kier molecular flexibility index (Phi) is 5.46. The molecule has 0 fully saturated rings. The molecule has 3 aromatic carbocycles. The number of anilines is 2. The van der Waals surface area contributed by atoms with Crippen molar-refractivity contribution in [3.8, 4) is 0 Å². The zero-order chi connectivity index (χ0) is 20.3. The fraction of sp³-hybridized carbons (Fsp3) is 0.0952. The van der Waals surface area contributed by atoms with Crippen LogP contribution in [-0.2, 0) is 10.0 Å². The van der Waals surface area contributed by atoms with Gasteiger partial charge in [-0.15, -0.1) is 0 Å². The standard InChI is InChI=1S/C21H19FN2O3S/c1-14-11-15(2)13-17(12-14)24-28(26,27)18-9-7-16(8-10-18)21(25)23-20-6-4-3-5-19(20)22/h3-13,24H,1-2H3,(H,23,25). The molecule has 0 unspecified atom stereocenters. The predicted molar refractivity (Wildman–Crippen MR) is 108 cm³/mol. The first-order valence-corrected chi connectivity index (χ1v) is 10.00. The molecule has 0 atom stereocenters. The minimum atomic E-state index is -3.80. The van der Waals surface area contributed by atoms with Gasteiger partial charge in [0, 0.05) is 11.3 Å². The summed E-state index contributed by atoms with van der Waals surface area (Å²) in [7, 11) is -3.80. The van der Waals surface area contributed by atoms with Gasteiger partial charge in [0.05, 0.1) is 10.6 Å². The maximum atomic E-state index is 13.6. The number of hydrogen-bond donors (Lipinski definition) is 2. The molecule has 0 heterocycles. The summed E-state index contributed by atoms with van der Waals surface area (Å²) in [5, 5.41) is 2.46. The third-order valence-corrected chi connectivity index (χ3v) is 5.42. The lowest BCUT2D eigenvalue weighted by Gasteiger charge is -2.11. The van der Waals surface area contributed by atoms with Crippen molar-refractivity contribution < 1.29 is 17.6 Å². The molecule has 0 saturated heterocycles. The van der Waals surface area contributed by atoms with E-state index in [1.165, 1.54) is 42.5 Å². The largest absolute Gasteiger partial charge is 0.319 e. The fourth-order valence-corrected chi connectivity index (χ4v) is 3.83. The molecule has 5 nitrogen and oxygen atoms in total. The van der Waals surface area contributed by atoms with E-state index in [1.807, 2.05) is 19.9 Å². The number of rotatable bonds is 5. The van der Waals surface area contributed by atoms with E-state index in [9.17, 15) is 17.6 Å². The summed E-state index contributed by atoms with van der Waals surface area (Å²) in [6.07, 6.45) is 0. The molecule has 2 N–H and O–H groups in total. The van der Waals surface area contributed by atoms with Crippen molar-refractivity contribution in [1.29, 1.82) is 0 Å². The molecule has 0 saturated carbocycles. The van der Waals surface area contributed by atoms with E-state index in [2.05, 4.69) is 10.0 Å². The Balaban J connectivity index is 1.77. The highest BCUT2D eigenvalue weighted by Gasteiger charge is 2.16. The van der Waals surface area contributed by atoms with Gasteiger partial charge in [-0.2, -0.15) is 0 Å². The minimum absolute atomic E-state index is 0.0223. The first-order chi connectivity index (χ1) is 13.2. The molecule has 0 aliphatic carbocycles. The summed E-state index contributed by atoms with van der Waals surface area (Å²) in [6, 6.07) is 16.7. The van der Waals surface area contributed by atoms with E-state index in [0.717, 1.165) is 11.1 Å². The lowest BCUT2D eigenvalue weighted by molar-refractivity contribution is 0.102. The summed E-state index contributed by atoms with van der Waals surface area (Å²) in [4.78, 5) is 12.3. The van der Waals surface area contributed by atoms with Gasteiger partial charge >= 0.3 is 0 Å². The van der Waals surface area contributed by atoms with Gasteiger partial charge in [-0.1, -0.05) is 18.2 Å². The molecule has 3 aromatic rings. The van der Waals surface area contributed by atoms with Crippen LogP contribution in [0.25, 0.3) is 0 Å². The van der Waals surface area contributed by atoms with Gasteiger partial charge in [-0.25, -0.2) is 12.8 Å². The number of amides is 1. The van der Waals surface area contributed by atoms with Crippen LogP contribution >= 0.6 is 0 Å². The average molecular weight is 398 g/mol. The molecular weight excluding hydrogens is 379 g/mol. The first-order valence-electron chi connectivity index (χ1n) is 8.52. The summed E-state index contributed by atoms with van der Waals surface area (Å²) in [6.45, 7) is 3.77. The number of para-hydroxylation sites is 1. The lowest BCUT2D eigenvalue weighted by Crippen LogP contribution is -2.15. The maximum Gasteiger partial charge on any atom is 0.261 e. The molecule has 3 rings (SSSR count). The second kappa shape index (κ2) is 7.82. The zero-order valence-electron chi connectivity index (χ0n) is 15.4. The molecule has 0 radical (unpaired) electrons. The Bertz CT molecular complexity index is 1110. The van der Waals surface area contributed by atoms with Crippen LogP contribution in [0.3, 0.4) is 0 Å². The number of carbonyl (C=O) groups excluding carboxylic acids is 1. The molecule has 0 aromatic heterocycles. The fourth-order valence-electron chi connectivity index (χ4n) is 2.79. The second-order valence-corrected chi connectivity index (χ2v) is 8.12. The zero-order valence-corrected chi connectivity index (χ0v) is 16.2. The van der Waals surface area contributed by atoms with Crippen LogP contribution in [-0.4, -0.2) is 14.3 Å². The van der Waals surface area contributed by atoms with Crippen LogP contribution in [0, 0.1) is 19.7 Å². The van der Waals surface area contributed by atoms with Crippen molar-refractivity contribution in [3.05, 3.63) is 89.2 Å². The van der Waals surface area contributed by atoms with Gasteiger partial charge in [0.25, 0.3) is 15.9 Å². The third kappa shape index (κ3) is 4.55. The highest BCUT2D eigenvalue weighted by atomic mass is 32.2. The first kappa shape index (κ1) is 19.6. The SMILES string of the molecule is Cc1cc(C)cc(NS(=O)(=O)c2ccc(C(=O)Nc3ccccc3F)cc2)c1. The topological polar surface area (TPSA) is 75.3 Å². The number of hydrogen-bond acceptors (Lipinski definition) is 3. The van der Waals surface area contributed by atoms with Crippen molar-refractivity contribution in [2.24, 2.45) is 0 Å². The number of sulfonamides is 1. The molecule has 144 valence electrons. The summed E-state index contributed by atoms with van der Waals surface area (Å²) < 4.78 is 41.3. The molecule has 0 aliphatic rings. The number of halogens is 1. The quantitative estimate of drug-likeness (QED) is 0.665. The number of nitrogens with one attached hydrogen (secondary N) is 2. The summed E-state index contributed by atoms with van der Waals surface area (Å²) in [5.41, 5.74) is 2.63. The minimum Gasteiger partial charge on any atom is -0.319 e. The van der Waals surface area contributed by atoms with Crippen LogP contribution in [0.15, 0.2) is 71.6 Å². The highest BCUT2D eigenvalue weighted by molar-refractivity contribution is 7.92. The van der Waals surface area contributed by atoms with Gasteiger partial charge < -0.3 is 5.32 Å². The third-order valence-electron chi connectivity index (χ3n) is 4.02. The maximum absolute atomic E-state index is 13.6. The van der Waals surface area contributed by atoms with Gasteiger partial charge in [0.2, 0.25) is 0 Å². The van der Waals surface area contributed by atoms with E-state index < -0.39 is 21.7 Å². The smallest absolute Gasteiger partial charge is 0.261 e. The molecule has 0 bridgehead atoms. The van der Waals surface area contributed by atoms with Crippen molar-refractivity contribution in [2.75, 3.05) is 10.0 Å². The van der Waals surface area contributed by atoms with Gasteiger partial charge in [0.15, 0.2) is 0 Å². The van der Waals surface area contributed by atoms with Crippen LogP contribution in [0.2, 0.25) is 0 Å². The normalized spacial score (nSPS) is 11.1. The number of carbonyl (C=O) groups is 1. The highest BCUT2D eigenvalue weighted by Crippen LogP contribution is 2.20. The molecule has 0 spiro atoms. The van der Waals surface area contributed by atoms with Gasteiger partial charge in [0.1, 0.15) is 5.82 Å². The summed E-state index contributed by atoms with van der Waals surface area (Å²) >= 11 is 0. The van der Waals surface area contributed by atoms with E-state index in [4.69, 9.17) is 0 Å². The average Bonchev–Trinajstić information content (AvgIpc) is 2.62. The monoisotopic (exact) mass is 398 g/mol. The van der Waals surface area contributed by atoms with Crippen LogP contribution < -0.4 is 10.0 Å². The number of aryl methyl sites for hydroxylation is 2. The Labute approximate surface area is 163 Å². The van der Waals surface area contributed by atoms with E-state index in [-0.39, 0.29) is 16.1 Å². The Hall–Kier alpha value is -3.19. The molecule has 28 heavy (non-hydrogen) atoms. The van der Waals surface area contributed by atoms with E-state index in [1.54, 1.807) is 18.2 Å². The Morgan fingerprint density at radius 1 is 0.893 bits per heavy atom. The van der Waals surface area contributed by atoms with Crippen molar-refractivity contribution in [2.45, 2.75) is 18.7 Å². The number of benzene rings is 3. The molecule has 1 amide bonds. The second-order valence-electron chi connectivity index (χ2n) is 6.44. The van der Waals surface area contributed by atoms with Crippen molar-refractivity contribution >= 4 is 27.3 Å². The van der Waals surface area contributed by atoms with Gasteiger partial charge in [-0.3, -0.25) is 9.52 Å².